The molecule has 1 atom stereocenters. The summed E-state index contributed by atoms with van der Waals surface area (Å²) in [4.78, 5) is 12.6. The Hall–Kier alpha value is -1.48. The smallest absolute Gasteiger partial charge is 0.232 e. The number of benzene rings is 2. The largest absolute Gasteiger partial charge is 0.358 e. The van der Waals surface area contributed by atoms with Crippen molar-refractivity contribution in [3.63, 3.8) is 0 Å². The Kier molecular flexibility index (Phi) is 3.69. The minimum atomic E-state index is -0.0684. The van der Waals surface area contributed by atoms with Crippen molar-refractivity contribution in [1.82, 2.24) is 5.32 Å². The lowest BCUT2D eigenvalue weighted by molar-refractivity contribution is -0.119. The van der Waals surface area contributed by atoms with Gasteiger partial charge in [0.2, 0.25) is 5.91 Å². The van der Waals surface area contributed by atoms with E-state index in [1.807, 2.05) is 19.1 Å². The Labute approximate surface area is 105 Å². The Morgan fingerprint density at radius 2 is 1.88 bits per heavy atom. The van der Waals surface area contributed by atoms with E-state index in [1.54, 1.807) is 18.8 Å². The highest BCUT2D eigenvalue weighted by molar-refractivity contribution is 8.00. The first-order valence-electron chi connectivity index (χ1n) is 5.58. The third kappa shape index (κ3) is 2.80. The van der Waals surface area contributed by atoms with Crippen LogP contribution in [0.4, 0.5) is 0 Å². The number of thioether (sulfide) groups is 1. The minimum Gasteiger partial charge on any atom is -0.358 e. The van der Waals surface area contributed by atoms with Gasteiger partial charge in [0.05, 0.1) is 5.25 Å². The summed E-state index contributed by atoms with van der Waals surface area (Å²) in [5, 5.41) is 5.03. The molecule has 0 heterocycles. The summed E-state index contributed by atoms with van der Waals surface area (Å²) in [5.74, 6) is 0.0585. The molecule has 0 aliphatic carbocycles. The van der Waals surface area contributed by atoms with Gasteiger partial charge in [0, 0.05) is 11.9 Å². The second-order valence-electron chi connectivity index (χ2n) is 3.88. The number of hydrogen-bond acceptors (Lipinski definition) is 2. The van der Waals surface area contributed by atoms with Gasteiger partial charge in [-0.1, -0.05) is 30.3 Å². The van der Waals surface area contributed by atoms with Crippen LogP contribution in [0.25, 0.3) is 10.8 Å². The molecule has 2 nitrogen and oxygen atoms in total. The second-order valence-corrected chi connectivity index (χ2v) is 5.30. The van der Waals surface area contributed by atoms with Crippen molar-refractivity contribution in [3.05, 3.63) is 42.5 Å². The third-order valence-electron chi connectivity index (χ3n) is 2.65. The van der Waals surface area contributed by atoms with Crippen LogP contribution in [0, 0.1) is 0 Å². The molecule has 0 aliphatic heterocycles. The first kappa shape index (κ1) is 12.0. The van der Waals surface area contributed by atoms with Crippen LogP contribution in [0.3, 0.4) is 0 Å². The topological polar surface area (TPSA) is 29.1 Å². The average Bonchev–Trinajstić information content (AvgIpc) is 2.37. The van der Waals surface area contributed by atoms with Crippen LogP contribution >= 0.6 is 11.8 Å². The highest BCUT2D eigenvalue weighted by Gasteiger charge is 2.12. The van der Waals surface area contributed by atoms with Gasteiger partial charge in [-0.15, -0.1) is 11.8 Å². The van der Waals surface area contributed by atoms with E-state index in [4.69, 9.17) is 0 Å². The van der Waals surface area contributed by atoms with Crippen molar-refractivity contribution in [2.75, 3.05) is 7.05 Å². The zero-order chi connectivity index (χ0) is 12.3. The molecule has 0 saturated heterocycles. The molecule has 17 heavy (non-hydrogen) atoms. The maximum atomic E-state index is 11.4. The molecule has 2 aromatic carbocycles. The molecule has 0 radical (unpaired) electrons. The fraction of sp³-hybridized carbons (Fsp3) is 0.214. The minimum absolute atomic E-state index is 0.0585. The maximum Gasteiger partial charge on any atom is 0.232 e. The molecule has 1 amide bonds. The quantitative estimate of drug-likeness (QED) is 0.842. The summed E-state index contributed by atoms with van der Waals surface area (Å²) >= 11 is 1.58. The van der Waals surface area contributed by atoms with Crippen LogP contribution in [0.5, 0.6) is 0 Å². The van der Waals surface area contributed by atoms with Crippen LogP contribution in [0.1, 0.15) is 6.92 Å². The lowest BCUT2D eigenvalue weighted by atomic mass is 10.1. The van der Waals surface area contributed by atoms with Gasteiger partial charge in [0.1, 0.15) is 0 Å². The standard InChI is InChI=1S/C14H15NOS/c1-10(14(16)15-2)17-13-8-7-11-5-3-4-6-12(11)9-13/h3-10H,1-2H3,(H,15,16). The zero-order valence-corrected chi connectivity index (χ0v) is 10.8. The van der Waals surface area contributed by atoms with Gasteiger partial charge in [-0.2, -0.15) is 0 Å². The lowest BCUT2D eigenvalue weighted by Gasteiger charge is -2.10. The van der Waals surface area contributed by atoms with Crippen LogP contribution in [0.15, 0.2) is 47.4 Å². The van der Waals surface area contributed by atoms with Gasteiger partial charge in [-0.05, 0) is 29.8 Å². The summed E-state index contributed by atoms with van der Waals surface area (Å²) in [6.45, 7) is 1.92. The Morgan fingerprint density at radius 3 is 2.59 bits per heavy atom. The van der Waals surface area contributed by atoms with Gasteiger partial charge < -0.3 is 5.32 Å². The van der Waals surface area contributed by atoms with Crippen LogP contribution in [-0.4, -0.2) is 18.2 Å². The van der Waals surface area contributed by atoms with Crippen LogP contribution in [-0.2, 0) is 4.79 Å². The molecule has 0 spiro atoms. The Morgan fingerprint density at radius 1 is 1.18 bits per heavy atom. The van der Waals surface area contributed by atoms with Gasteiger partial charge >= 0.3 is 0 Å². The van der Waals surface area contributed by atoms with Gasteiger partial charge in [0.15, 0.2) is 0 Å². The van der Waals surface area contributed by atoms with Crippen molar-refractivity contribution in [2.24, 2.45) is 0 Å². The molecule has 3 heteroatoms. The van der Waals surface area contributed by atoms with Crippen molar-refractivity contribution in [2.45, 2.75) is 17.1 Å². The monoisotopic (exact) mass is 245 g/mol. The van der Waals surface area contributed by atoms with E-state index in [9.17, 15) is 4.79 Å². The van der Waals surface area contributed by atoms with Crippen LogP contribution < -0.4 is 5.32 Å². The fourth-order valence-electron chi connectivity index (χ4n) is 1.70. The molecule has 1 N–H and O–H groups in total. The number of nitrogens with one attached hydrogen (secondary N) is 1. The first-order valence-corrected chi connectivity index (χ1v) is 6.46. The van der Waals surface area contributed by atoms with E-state index in [0.717, 1.165) is 4.90 Å². The molecule has 2 rings (SSSR count). The average molecular weight is 245 g/mol. The highest BCUT2D eigenvalue weighted by atomic mass is 32.2. The van der Waals surface area contributed by atoms with Gasteiger partial charge in [-0.25, -0.2) is 0 Å². The van der Waals surface area contributed by atoms with Gasteiger partial charge in [0.25, 0.3) is 0 Å². The number of rotatable bonds is 3. The summed E-state index contributed by atoms with van der Waals surface area (Å²) in [7, 11) is 1.67. The molecular weight excluding hydrogens is 230 g/mol. The Balaban J connectivity index is 2.22. The number of fused-ring (bicyclic) bond motifs is 1. The number of amides is 1. The van der Waals surface area contributed by atoms with Gasteiger partial charge in [-0.3, -0.25) is 4.79 Å². The molecule has 2 aromatic rings. The van der Waals surface area contributed by atoms with E-state index in [1.165, 1.54) is 10.8 Å². The SMILES string of the molecule is CNC(=O)C(C)Sc1ccc2ccccc2c1. The molecular formula is C14H15NOS. The molecule has 0 bridgehead atoms. The molecule has 0 aromatic heterocycles. The van der Waals surface area contributed by atoms with Crippen molar-refractivity contribution >= 4 is 28.4 Å². The summed E-state index contributed by atoms with van der Waals surface area (Å²) in [5.41, 5.74) is 0. The van der Waals surface area contributed by atoms with Crippen molar-refractivity contribution < 1.29 is 4.79 Å². The number of hydrogen-bond donors (Lipinski definition) is 1. The summed E-state index contributed by atoms with van der Waals surface area (Å²) in [6.07, 6.45) is 0. The van der Waals surface area contributed by atoms with E-state index in [2.05, 4.69) is 35.6 Å². The Bertz CT molecular complexity index is 538. The highest BCUT2D eigenvalue weighted by Crippen LogP contribution is 2.26. The summed E-state index contributed by atoms with van der Waals surface area (Å²) in [6, 6.07) is 14.5. The molecule has 88 valence electrons. The molecule has 0 fully saturated rings. The lowest BCUT2D eigenvalue weighted by Crippen LogP contribution is -2.27. The zero-order valence-electron chi connectivity index (χ0n) is 9.94. The normalized spacial score (nSPS) is 12.4. The predicted octanol–water partition coefficient (Wildman–Crippen LogP) is 3.07. The van der Waals surface area contributed by atoms with E-state index in [0.29, 0.717) is 0 Å². The molecule has 1 unspecified atom stereocenters. The summed E-state index contributed by atoms with van der Waals surface area (Å²) < 4.78 is 0. The van der Waals surface area contributed by atoms with Crippen molar-refractivity contribution in [3.8, 4) is 0 Å². The predicted molar refractivity (Wildman–Crippen MR) is 73.3 cm³/mol. The van der Waals surface area contributed by atoms with E-state index in [-0.39, 0.29) is 11.2 Å². The van der Waals surface area contributed by atoms with Crippen LogP contribution in [0.2, 0.25) is 0 Å². The van der Waals surface area contributed by atoms with E-state index < -0.39 is 0 Å². The second kappa shape index (κ2) is 5.23. The maximum absolute atomic E-state index is 11.4. The number of carbonyl (C=O) groups is 1. The first-order chi connectivity index (χ1) is 8.20. The fourth-order valence-corrected chi connectivity index (χ4v) is 2.68. The number of carbonyl (C=O) groups excluding carboxylic acids is 1. The van der Waals surface area contributed by atoms with E-state index >= 15 is 0 Å². The molecule has 0 saturated carbocycles. The third-order valence-corrected chi connectivity index (χ3v) is 3.74. The van der Waals surface area contributed by atoms with Crippen molar-refractivity contribution in [1.29, 1.82) is 0 Å². The molecule has 0 aliphatic rings.